The first-order valence-corrected chi connectivity index (χ1v) is 5.78. The Balaban J connectivity index is 2.14. The minimum absolute atomic E-state index is 0.0125. The number of fused-ring (bicyclic) bond motifs is 1. The smallest absolute Gasteiger partial charge is 0.329 e. The fourth-order valence-corrected chi connectivity index (χ4v) is 1.48. The molecule has 8 nitrogen and oxygen atoms in total. The molecule has 1 unspecified atom stereocenters. The highest BCUT2D eigenvalue weighted by Gasteiger charge is 2.33. The zero-order chi connectivity index (χ0) is 14.2. The number of imidazole rings is 1. The number of hydrogen-bond donors (Lipinski definition) is 1. The molecule has 8 heteroatoms. The summed E-state index contributed by atoms with van der Waals surface area (Å²) in [5.41, 5.74) is 5.45. The Morgan fingerprint density at radius 2 is 2.26 bits per heavy atom. The third-order valence-corrected chi connectivity index (χ3v) is 2.63. The van der Waals surface area contributed by atoms with Gasteiger partial charge in [-0.05, 0) is 30.5 Å². The van der Waals surface area contributed by atoms with Gasteiger partial charge in [-0.1, -0.05) is 4.91 Å². The molecule has 0 aliphatic carbocycles. The van der Waals surface area contributed by atoms with Gasteiger partial charge in [0.2, 0.25) is 6.17 Å². The van der Waals surface area contributed by atoms with Crippen LogP contribution >= 0.6 is 0 Å². The second kappa shape index (κ2) is 4.54. The second-order valence-corrected chi connectivity index (χ2v) is 5.28. The quantitative estimate of drug-likeness (QED) is 0.631. The number of nitrogens with zero attached hydrogens (tertiary/aromatic N) is 4. The van der Waals surface area contributed by atoms with Crippen LogP contribution in [-0.2, 0) is 16.3 Å². The lowest BCUT2D eigenvalue weighted by molar-refractivity contribution is -0.475. The van der Waals surface area contributed by atoms with Gasteiger partial charge in [-0.25, -0.2) is 4.98 Å². The van der Waals surface area contributed by atoms with Crippen LogP contribution in [0.25, 0.3) is 0 Å². The Bertz CT molecular complexity index is 555. The first kappa shape index (κ1) is 13.3. The Hall–Kier alpha value is -2.09. The molecule has 0 amide bonds. The van der Waals surface area contributed by atoms with Gasteiger partial charge in [-0.15, -0.1) is 0 Å². The molecule has 0 spiro atoms. The number of aliphatic imine (C=N–C) groups is 1. The standard InChI is InChI=1S/C11H16N5O3/c1-11(2,3)10(17)19-6-15-4-13-7-8(12)16(18)5-14-9(7)15/h4-5,8H,6,12H2,1-3H3/q+1. The molecule has 19 heavy (non-hydrogen) atoms. The zero-order valence-electron chi connectivity index (χ0n) is 11.0. The first-order valence-electron chi connectivity index (χ1n) is 5.78. The lowest BCUT2D eigenvalue weighted by Gasteiger charge is -2.16. The molecule has 2 heterocycles. The zero-order valence-corrected chi connectivity index (χ0v) is 11.0. The molecular weight excluding hydrogens is 250 g/mol. The van der Waals surface area contributed by atoms with Crippen molar-refractivity contribution in [3.05, 3.63) is 16.9 Å². The van der Waals surface area contributed by atoms with E-state index in [1.165, 1.54) is 10.9 Å². The van der Waals surface area contributed by atoms with Gasteiger partial charge < -0.3 is 4.74 Å². The first-order chi connectivity index (χ1) is 8.80. The minimum atomic E-state index is -0.882. The number of carbonyl (C=O) groups excluding carboxylic acids is 1. The number of rotatable bonds is 2. The summed E-state index contributed by atoms with van der Waals surface area (Å²) < 4.78 is 7.20. The normalized spacial score (nSPS) is 18.3. The monoisotopic (exact) mass is 266 g/mol. The number of nitrogens with two attached hydrogens (primary N) is 1. The fourth-order valence-electron chi connectivity index (χ4n) is 1.48. The molecule has 2 rings (SSSR count). The molecule has 1 aromatic rings. The van der Waals surface area contributed by atoms with Crippen molar-refractivity contribution in [2.45, 2.75) is 33.7 Å². The van der Waals surface area contributed by atoms with E-state index in [0.29, 0.717) is 16.3 Å². The molecule has 1 atom stereocenters. The van der Waals surface area contributed by atoms with Crippen molar-refractivity contribution in [1.82, 2.24) is 9.55 Å². The van der Waals surface area contributed by atoms with Crippen LogP contribution in [0.3, 0.4) is 0 Å². The number of hydrogen-bond acceptors (Lipinski definition) is 6. The van der Waals surface area contributed by atoms with Crippen molar-refractivity contribution in [1.29, 1.82) is 0 Å². The van der Waals surface area contributed by atoms with Gasteiger partial charge in [0.1, 0.15) is 6.33 Å². The number of carbonyl (C=O) groups is 1. The van der Waals surface area contributed by atoms with E-state index >= 15 is 0 Å². The lowest BCUT2D eigenvalue weighted by atomic mass is 9.98. The molecule has 0 bridgehead atoms. The molecule has 0 fully saturated rings. The van der Waals surface area contributed by atoms with Crippen LogP contribution in [0.15, 0.2) is 11.3 Å². The van der Waals surface area contributed by atoms with Gasteiger partial charge in [0.05, 0.1) is 5.41 Å². The molecule has 0 aromatic carbocycles. The summed E-state index contributed by atoms with van der Waals surface area (Å²) in [6.45, 7) is 5.29. The van der Waals surface area contributed by atoms with E-state index in [2.05, 4.69) is 9.98 Å². The van der Waals surface area contributed by atoms with Crippen molar-refractivity contribution in [3.63, 3.8) is 0 Å². The molecule has 2 N–H and O–H groups in total. The van der Waals surface area contributed by atoms with E-state index in [1.807, 2.05) is 0 Å². The van der Waals surface area contributed by atoms with E-state index in [1.54, 1.807) is 20.8 Å². The Labute approximate surface area is 109 Å². The van der Waals surface area contributed by atoms with Gasteiger partial charge in [-0.3, -0.25) is 15.1 Å². The van der Waals surface area contributed by atoms with Crippen molar-refractivity contribution in [2.24, 2.45) is 16.1 Å². The van der Waals surface area contributed by atoms with Crippen LogP contribution in [0.2, 0.25) is 0 Å². The van der Waals surface area contributed by atoms with Gasteiger partial charge in [0, 0.05) is 0 Å². The predicted octanol–water partition coefficient (Wildman–Crippen LogP) is 0.839. The van der Waals surface area contributed by atoms with Gasteiger partial charge in [0.25, 0.3) is 5.82 Å². The Morgan fingerprint density at radius 3 is 2.89 bits per heavy atom. The van der Waals surface area contributed by atoms with Crippen LogP contribution in [0.4, 0.5) is 5.82 Å². The van der Waals surface area contributed by atoms with Gasteiger partial charge >= 0.3 is 12.3 Å². The van der Waals surface area contributed by atoms with Crippen molar-refractivity contribution in [3.8, 4) is 0 Å². The average Bonchev–Trinajstić information content (AvgIpc) is 2.73. The number of aromatic nitrogens is 2. The maximum atomic E-state index is 11.7. The van der Waals surface area contributed by atoms with Crippen LogP contribution in [0.1, 0.15) is 32.6 Å². The topological polar surface area (TPSA) is 103 Å². The molecule has 0 saturated carbocycles. The summed E-state index contributed by atoms with van der Waals surface area (Å²) in [4.78, 5) is 30.9. The highest BCUT2D eigenvalue weighted by atomic mass is 16.5. The molecule has 0 radical (unpaired) electrons. The van der Waals surface area contributed by atoms with Crippen molar-refractivity contribution >= 4 is 18.1 Å². The summed E-state index contributed by atoms with van der Waals surface area (Å²) in [5.74, 6) is 0.103. The largest absolute Gasteiger partial charge is 0.443 e. The summed E-state index contributed by atoms with van der Waals surface area (Å²) in [5, 5.41) is 0. The Morgan fingerprint density at radius 1 is 1.58 bits per heavy atom. The number of esters is 1. The summed E-state index contributed by atoms with van der Waals surface area (Å²) in [6, 6.07) is 0. The Kier molecular flexibility index (Phi) is 3.19. The van der Waals surface area contributed by atoms with Crippen LogP contribution < -0.4 is 5.73 Å². The maximum absolute atomic E-state index is 11.7. The third kappa shape index (κ3) is 2.53. The van der Waals surface area contributed by atoms with E-state index in [4.69, 9.17) is 10.5 Å². The van der Waals surface area contributed by atoms with Gasteiger partial charge in [0.15, 0.2) is 12.4 Å². The molecule has 0 saturated heterocycles. The molecule has 1 aliphatic rings. The van der Waals surface area contributed by atoms with Crippen LogP contribution in [-0.4, -0.2) is 26.6 Å². The molecule has 102 valence electrons. The number of nitroso groups, excluding NO2 is 1. The molecule has 1 aromatic heterocycles. The summed E-state index contributed by atoms with van der Waals surface area (Å²) in [6.07, 6.45) is 1.64. The van der Waals surface area contributed by atoms with Crippen molar-refractivity contribution in [2.75, 3.05) is 0 Å². The predicted molar refractivity (Wildman–Crippen MR) is 66.5 cm³/mol. The average molecular weight is 266 g/mol. The molecule has 1 aliphatic heterocycles. The second-order valence-electron chi connectivity index (χ2n) is 5.28. The van der Waals surface area contributed by atoms with Crippen molar-refractivity contribution < 1.29 is 14.3 Å². The summed E-state index contributed by atoms with van der Waals surface area (Å²) >= 11 is 0. The van der Waals surface area contributed by atoms with E-state index in [-0.39, 0.29) is 12.7 Å². The summed E-state index contributed by atoms with van der Waals surface area (Å²) in [7, 11) is 0. The highest BCUT2D eigenvalue weighted by molar-refractivity contribution is 5.75. The van der Waals surface area contributed by atoms with E-state index in [9.17, 15) is 9.70 Å². The maximum Gasteiger partial charge on any atom is 0.329 e. The van der Waals surface area contributed by atoms with Crippen LogP contribution in [0, 0.1) is 10.3 Å². The van der Waals surface area contributed by atoms with E-state index < -0.39 is 11.6 Å². The SMILES string of the molecule is CC(C)(C)C(=O)OCn1cnc2c1N=C[N+](=O)C2N. The fraction of sp³-hybridized carbons (Fsp3) is 0.545. The number of ether oxygens (including phenoxy) is 1. The third-order valence-electron chi connectivity index (χ3n) is 2.63. The van der Waals surface area contributed by atoms with Crippen LogP contribution in [0.5, 0.6) is 0 Å². The highest BCUT2D eigenvalue weighted by Crippen LogP contribution is 2.27. The van der Waals surface area contributed by atoms with Gasteiger partial charge in [-0.2, -0.15) is 0 Å². The lowest BCUT2D eigenvalue weighted by Crippen LogP contribution is -2.26. The minimum Gasteiger partial charge on any atom is -0.443 e. The van der Waals surface area contributed by atoms with E-state index in [0.717, 1.165) is 6.34 Å². The molecular formula is C11H16N5O3+.